The third-order valence-corrected chi connectivity index (χ3v) is 5.50. The lowest BCUT2D eigenvalue weighted by Crippen LogP contribution is -1.86. The van der Waals surface area contributed by atoms with E-state index in [1.807, 2.05) is 60.8 Å². The number of pyridine rings is 1. The minimum absolute atomic E-state index is 0.741. The molecule has 0 saturated heterocycles. The highest BCUT2D eigenvalue weighted by molar-refractivity contribution is 9.10. The third kappa shape index (κ3) is 3.09. The average Bonchev–Trinajstić information content (AvgIpc) is 2.96. The van der Waals surface area contributed by atoms with E-state index < -0.39 is 0 Å². The molecule has 2 nitrogen and oxygen atoms in total. The fraction of sp³-hybridized carbons (Fsp3) is 0. The molecule has 2 aromatic heterocycles. The minimum Gasteiger partial charge on any atom is -0.294 e. The van der Waals surface area contributed by atoms with Gasteiger partial charge in [0.05, 0.1) is 0 Å². The summed E-state index contributed by atoms with van der Waals surface area (Å²) in [5.74, 6) is 0. The molecule has 5 heteroatoms. The molecular weight excluding hydrogens is 404 g/mol. The monoisotopic (exact) mass is 414 g/mol. The quantitative estimate of drug-likeness (QED) is 0.376. The first kappa shape index (κ1) is 15.8. The Labute approximate surface area is 157 Å². The van der Waals surface area contributed by atoms with Gasteiger partial charge in [-0.05, 0) is 48.5 Å². The molecule has 2 heterocycles. The van der Waals surface area contributed by atoms with Crippen molar-refractivity contribution in [3.63, 3.8) is 0 Å². The van der Waals surface area contributed by atoms with Gasteiger partial charge in [0, 0.05) is 26.2 Å². The zero-order valence-electron chi connectivity index (χ0n) is 12.5. The fourth-order valence-electron chi connectivity index (χ4n) is 2.48. The largest absolute Gasteiger partial charge is 0.294 e. The molecule has 0 bridgehead atoms. The Morgan fingerprint density at radius 3 is 2.42 bits per heavy atom. The number of hydrogen-bond donors (Lipinski definition) is 0. The van der Waals surface area contributed by atoms with Crippen molar-refractivity contribution < 1.29 is 0 Å². The predicted octanol–water partition coefficient (Wildman–Crippen LogP) is 6.57. The van der Waals surface area contributed by atoms with Crippen molar-refractivity contribution in [2.24, 2.45) is 0 Å². The number of fused-ring (bicyclic) bond motifs is 1. The highest BCUT2D eigenvalue weighted by Crippen LogP contribution is 2.37. The fourth-order valence-corrected chi connectivity index (χ4v) is 3.88. The number of benzene rings is 2. The van der Waals surface area contributed by atoms with Crippen molar-refractivity contribution in [3.8, 4) is 11.3 Å². The maximum Gasteiger partial charge on any atom is 0.138 e. The molecule has 0 radical (unpaired) electrons. The second-order valence-corrected chi connectivity index (χ2v) is 7.67. The molecule has 0 fully saturated rings. The number of hydrogen-bond acceptors (Lipinski definition) is 2. The van der Waals surface area contributed by atoms with Crippen LogP contribution in [0.4, 0.5) is 0 Å². The molecule has 0 aliphatic heterocycles. The molecule has 0 spiro atoms. The van der Waals surface area contributed by atoms with Crippen LogP contribution in [0.15, 0.2) is 87.3 Å². The van der Waals surface area contributed by atoms with E-state index in [-0.39, 0.29) is 0 Å². The van der Waals surface area contributed by atoms with Gasteiger partial charge in [0.25, 0.3) is 0 Å². The van der Waals surface area contributed by atoms with Gasteiger partial charge in [-0.25, -0.2) is 4.98 Å². The zero-order valence-corrected chi connectivity index (χ0v) is 15.6. The number of imidazole rings is 1. The van der Waals surface area contributed by atoms with Crippen molar-refractivity contribution in [1.29, 1.82) is 0 Å². The Morgan fingerprint density at radius 2 is 1.67 bits per heavy atom. The molecule has 2 aromatic carbocycles. The molecule has 24 heavy (non-hydrogen) atoms. The minimum atomic E-state index is 0.741. The lowest BCUT2D eigenvalue weighted by atomic mass is 10.2. The Balaban J connectivity index is 1.86. The van der Waals surface area contributed by atoms with Gasteiger partial charge in [-0.3, -0.25) is 4.40 Å². The molecule has 0 aliphatic carbocycles. The van der Waals surface area contributed by atoms with Gasteiger partial charge in [0.1, 0.15) is 16.4 Å². The number of aromatic nitrogens is 2. The van der Waals surface area contributed by atoms with Gasteiger partial charge >= 0.3 is 0 Å². The standard InChI is InChI=1S/C19H12BrClN2S/c20-14-6-4-13(5-7-14)18-19(23-12-2-1-3-17(23)22-18)24-16-10-8-15(21)9-11-16/h1-12H. The lowest BCUT2D eigenvalue weighted by Gasteiger charge is -2.06. The molecule has 4 rings (SSSR count). The van der Waals surface area contributed by atoms with E-state index in [2.05, 4.69) is 32.5 Å². The van der Waals surface area contributed by atoms with Crippen molar-refractivity contribution in [2.45, 2.75) is 9.92 Å². The molecule has 0 N–H and O–H groups in total. The van der Waals surface area contributed by atoms with Crippen LogP contribution in [-0.4, -0.2) is 9.38 Å². The van der Waals surface area contributed by atoms with Crippen LogP contribution in [0.1, 0.15) is 0 Å². The van der Waals surface area contributed by atoms with Gasteiger partial charge in [-0.1, -0.05) is 57.5 Å². The van der Waals surface area contributed by atoms with Crippen LogP contribution in [0.2, 0.25) is 5.02 Å². The van der Waals surface area contributed by atoms with Gasteiger partial charge in [0.2, 0.25) is 0 Å². The Bertz CT molecular complexity index is 994. The van der Waals surface area contributed by atoms with E-state index in [1.165, 1.54) is 0 Å². The maximum absolute atomic E-state index is 6.00. The van der Waals surface area contributed by atoms with Crippen LogP contribution in [0.25, 0.3) is 16.9 Å². The summed E-state index contributed by atoms with van der Waals surface area (Å²) in [5.41, 5.74) is 3.01. The molecule has 4 aromatic rings. The summed E-state index contributed by atoms with van der Waals surface area (Å²) in [7, 11) is 0. The number of halogens is 2. The molecule has 0 aliphatic rings. The van der Waals surface area contributed by atoms with Gasteiger partial charge in [-0.2, -0.15) is 0 Å². The first-order valence-electron chi connectivity index (χ1n) is 7.37. The smallest absolute Gasteiger partial charge is 0.138 e. The van der Waals surface area contributed by atoms with E-state index in [0.29, 0.717) is 0 Å². The average molecular weight is 416 g/mol. The van der Waals surface area contributed by atoms with Crippen molar-refractivity contribution in [3.05, 3.63) is 82.4 Å². The van der Waals surface area contributed by atoms with Crippen molar-refractivity contribution >= 4 is 44.9 Å². The second kappa shape index (κ2) is 6.63. The molecule has 118 valence electrons. The summed E-state index contributed by atoms with van der Waals surface area (Å²) < 4.78 is 3.18. The SMILES string of the molecule is Clc1ccc(Sc2c(-c3ccc(Br)cc3)nc3ccccn23)cc1. The summed E-state index contributed by atoms with van der Waals surface area (Å²) in [6, 6.07) is 22.2. The van der Waals surface area contributed by atoms with E-state index in [4.69, 9.17) is 16.6 Å². The van der Waals surface area contributed by atoms with E-state index in [0.717, 1.165) is 36.3 Å². The molecule has 0 amide bonds. The number of rotatable bonds is 3. The van der Waals surface area contributed by atoms with E-state index in [1.54, 1.807) is 11.8 Å². The van der Waals surface area contributed by atoms with Gasteiger partial charge < -0.3 is 0 Å². The maximum atomic E-state index is 6.00. The van der Waals surface area contributed by atoms with Crippen molar-refractivity contribution in [1.82, 2.24) is 9.38 Å². The summed E-state index contributed by atoms with van der Waals surface area (Å²) in [5, 5.41) is 1.83. The van der Waals surface area contributed by atoms with Crippen LogP contribution >= 0.6 is 39.3 Å². The van der Waals surface area contributed by atoms with Crippen LogP contribution in [-0.2, 0) is 0 Å². The molecule has 0 atom stereocenters. The zero-order chi connectivity index (χ0) is 16.5. The normalized spacial score (nSPS) is 11.1. The van der Waals surface area contributed by atoms with Crippen LogP contribution in [0, 0.1) is 0 Å². The van der Waals surface area contributed by atoms with Gasteiger partial charge in [-0.15, -0.1) is 0 Å². The highest BCUT2D eigenvalue weighted by atomic mass is 79.9. The highest BCUT2D eigenvalue weighted by Gasteiger charge is 2.15. The topological polar surface area (TPSA) is 17.3 Å². The lowest BCUT2D eigenvalue weighted by molar-refractivity contribution is 1.05. The summed E-state index contributed by atoms with van der Waals surface area (Å²) in [6.45, 7) is 0. The van der Waals surface area contributed by atoms with Crippen molar-refractivity contribution in [2.75, 3.05) is 0 Å². The molecule has 0 saturated carbocycles. The Morgan fingerprint density at radius 1 is 0.917 bits per heavy atom. The number of nitrogens with zero attached hydrogens (tertiary/aromatic N) is 2. The van der Waals surface area contributed by atoms with E-state index >= 15 is 0 Å². The third-order valence-electron chi connectivity index (χ3n) is 3.63. The first-order valence-corrected chi connectivity index (χ1v) is 9.36. The van der Waals surface area contributed by atoms with Crippen LogP contribution in [0.3, 0.4) is 0 Å². The Kier molecular flexibility index (Phi) is 4.35. The second-order valence-electron chi connectivity index (χ2n) is 5.26. The van der Waals surface area contributed by atoms with E-state index in [9.17, 15) is 0 Å². The molecule has 0 unspecified atom stereocenters. The van der Waals surface area contributed by atoms with Crippen LogP contribution in [0.5, 0.6) is 0 Å². The van der Waals surface area contributed by atoms with Gasteiger partial charge in [0.15, 0.2) is 0 Å². The van der Waals surface area contributed by atoms with Crippen LogP contribution < -0.4 is 0 Å². The molecular formula is C19H12BrClN2S. The first-order chi connectivity index (χ1) is 11.7. The Hall–Kier alpha value is -1.75. The summed E-state index contributed by atoms with van der Waals surface area (Å²) in [4.78, 5) is 5.96. The predicted molar refractivity (Wildman–Crippen MR) is 104 cm³/mol. The summed E-state index contributed by atoms with van der Waals surface area (Å²) in [6.07, 6.45) is 2.04. The summed E-state index contributed by atoms with van der Waals surface area (Å²) >= 11 is 11.2.